The summed E-state index contributed by atoms with van der Waals surface area (Å²) in [5, 5.41) is 13.1. The Hall–Kier alpha value is -3.62. The lowest BCUT2D eigenvalue weighted by Crippen LogP contribution is -2.39. The summed E-state index contributed by atoms with van der Waals surface area (Å²) in [6, 6.07) is 12.3. The summed E-state index contributed by atoms with van der Waals surface area (Å²) >= 11 is 0. The number of fused-ring (bicyclic) bond motifs is 1. The number of non-ortho nitro benzene ring substituents is 1. The second kappa shape index (κ2) is 7.51. The molecule has 0 fully saturated rings. The van der Waals surface area contributed by atoms with Crippen molar-refractivity contribution in [2.45, 2.75) is 6.10 Å². The van der Waals surface area contributed by atoms with E-state index in [9.17, 15) is 19.7 Å². The first-order valence-electron chi connectivity index (χ1n) is 7.62. The fourth-order valence-corrected chi connectivity index (χ4v) is 2.26. The molecular formula is C17H14N2O7. The molecule has 2 aromatic rings. The Kier molecular flexibility index (Phi) is 4.97. The number of hydrogen-bond donors (Lipinski definition) is 1. The summed E-state index contributed by atoms with van der Waals surface area (Å²) in [5.41, 5.74) is 0.0673. The van der Waals surface area contributed by atoms with E-state index in [1.807, 2.05) is 0 Å². The number of ether oxygens (including phenoxy) is 3. The molecule has 1 N–H and O–H groups in total. The molecule has 1 heterocycles. The maximum Gasteiger partial charge on any atom is 0.351 e. The van der Waals surface area contributed by atoms with E-state index >= 15 is 0 Å². The average Bonchev–Trinajstić information content (AvgIpc) is 2.66. The van der Waals surface area contributed by atoms with Gasteiger partial charge < -0.3 is 19.5 Å². The largest absolute Gasteiger partial charge is 0.485 e. The second-order valence-electron chi connectivity index (χ2n) is 5.33. The van der Waals surface area contributed by atoms with Gasteiger partial charge in [-0.2, -0.15) is 0 Å². The number of amides is 1. The van der Waals surface area contributed by atoms with Crippen LogP contribution in [0.3, 0.4) is 0 Å². The number of hydrogen-bond acceptors (Lipinski definition) is 7. The lowest BCUT2D eigenvalue weighted by molar-refractivity contribution is -0.384. The third kappa shape index (κ3) is 4.07. The van der Waals surface area contributed by atoms with Crippen LogP contribution in [0.25, 0.3) is 0 Å². The highest BCUT2D eigenvalue weighted by Gasteiger charge is 2.29. The van der Waals surface area contributed by atoms with Gasteiger partial charge in [-0.15, -0.1) is 0 Å². The van der Waals surface area contributed by atoms with E-state index in [1.165, 1.54) is 24.3 Å². The summed E-state index contributed by atoms with van der Waals surface area (Å²) in [6.45, 7) is -0.578. The van der Waals surface area contributed by atoms with Crippen LogP contribution in [0, 0.1) is 10.1 Å². The molecule has 1 amide bonds. The van der Waals surface area contributed by atoms with Gasteiger partial charge in [-0.3, -0.25) is 14.9 Å². The molecule has 0 bridgehead atoms. The molecule has 26 heavy (non-hydrogen) atoms. The summed E-state index contributed by atoms with van der Waals surface area (Å²) in [7, 11) is 0. The fourth-order valence-electron chi connectivity index (χ4n) is 2.26. The van der Waals surface area contributed by atoms with E-state index in [-0.39, 0.29) is 18.0 Å². The highest BCUT2D eigenvalue weighted by atomic mass is 16.6. The minimum atomic E-state index is -0.976. The van der Waals surface area contributed by atoms with Crippen LogP contribution in [0.4, 0.5) is 11.4 Å². The number of carbonyl (C=O) groups excluding carboxylic acids is 2. The summed E-state index contributed by atoms with van der Waals surface area (Å²) < 4.78 is 15.8. The molecule has 0 spiro atoms. The Bertz CT molecular complexity index is 853. The molecule has 2 aromatic carbocycles. The molecule has 1 aliphatic heterocycles. The summed E-state index contributed by atoms with van der Waals surface area (Å²) in [6.07, 6.45) is -0.976. The van der Waals surface area contributed by atoms with E-state index in [2.05, 4.69) is 5.32 Å². The molecule has 9 heteroatoms. The van der Waals surface area contributed by atoms with Crippen molar-refractivity contribution in [2.75, 3.05) is 18.5 Å². The first kappa shape index (κ1) is 17.2. The van der Waals surface area contributed by atoms with Crippen molar-refractivity contribution in [3.05, 3.63) is 58.6 Å². The van der Waals surface area contributed by atoms with Gasteiger partial charge in [-0.25, -0.2) is 4.79 Å². The predicted molar refractivity (Wildman–Crippen MR) is 89.0 cm³/mol. The quantitative estimate of drug-likeness (QED) is 0.493. The molecule has 0 saturated carbocycles. The minimum absolute atomic E-state index is 0.0255. The molecule has 1 atom stereocenters. The van der Waals surface area contributed by atoms with Crippen LogP contribution in [0.2, 0.25) is 0 Å². The zero-order valence-electron chi connectivity index (χ0n) is 13.4. The zero-order chi connectivity index (χ0) is 18.5. The van der Waals surface area contributed by atoms with Gasteiger partial charge >= 0.3 is 5.97 Å². The Morgan fingerprint density at radius 3 is 2.73 bits per heavy atom. The number of nitro benzene ring substituents is 1. The first-order chi connectivity index (χ1) is 12.5. The van der Waals surface area contributed by atoms with Crippen LogP contribution in [0.5, 0.6) is 11.5 Å². The molecule has 0 radical (unpaired) electrons. The van der Waals surface area contributed by atoms with E-state index in [1.54, 1.807) is 24.3 Å². The van der Waals surface area contributed by atoms with Crippen LogP contribution in [0.1, 0.15) is 0 Å². The van der Waals surface area contributed by atoms with Gasteiger partial charge in [-0.05, 0) is 18.2 Å². The number of para-hydroxylation sites is 2. The third-order valence-corrected chi connectivity index (χ3v) is 3.46. The molecule has 9 nitrogen and oxygen atoms in total. The number of esters is 1. The number of nitro groups is 1. The molecule has 0 aromatic heterocycles. The Morgan fingerprint density at radius 1 is 1.19 bits per heavy atom. The first-order valence-corrected chi connectivity index (χ1v) is 7.62. The fraction of sp³-hybridized carbons (Fsp3) is 0.176. The summed E-state index contributed by atoms with van der Waals surface area (Å²) in [5.74, 6) is -0.425. The van der Waals surface area contributed by atoms with Crippen molar-refractivity contribution in [1.29, 1.82) is 0 Å². The standard InChI is InChI=1S/C17H14N2O7/c20-16(18-11-4-3-5-12(8-11)19(22)23)10-25-17(21)15-9-24-13-6-1-2-7-14(13)26-15/h1-8,15H,9-10H2,(H,18,20)/t15-/m0/s1. The van der Waals surface area contributed by atoms with E-state index in [0.717, 1.165) is 0 Å². The lowest BCUT2D eigenvalue weighted by Gasteiger charge is -2.24. The number of anilines is 1. The average molecular weight is 358 g/mol. The molecule has 134 valence electrons. The number of benzene rings is 2. The van der Waals surface area contributed by atoms with Crippen molar-refractivity contribution < 1.29 is 28.7 Å². The van der Waals surface area contributed by atoms with Gasteiger partial charge in [0.1, 0.15) is 6.61 Å². The van der Waals surface area contributed by atoms with E-state index < -0.39 is 29.5 Å². The van der Waals surface area contributed by atoms with Gasteiger partial charge in [0.05, 0.1) is 4.92 Å². The molecule has 0 saturated heterocycles. The number of rotatable bonds is 5. The van der Waals surface area contributed by atoms with Gasteiger partial charge in [-0.1, -0.05) is 18.2 Å². The molecule has 3 rings (SSSR count). The lowest BCUT2D eigenvalue weighted by atomic mass is 10.2. The van der Waals surface area contributed by atoms with Crippen molar-refractivity contribution in [2.24, 2.45) is 0 Å². The van der Waals surface area contributed by atoms with Crippen LogP contribution in [-0.2, 0) is 14.3 Å². The Balaban J connectivity index is 1.51. The minimum Gasteiger partial charge on any atom is -0.485 e. The maximum absolute atomic E-state index is 12.0. The van der Waals surface area contributed by atoms with Gasteiger partial charge in [0.15, 0.2) is 18.1 Å². The van der Waals surface area contributed by atoms with Gasteiger partial charge in [0.2, 0.25) is 6.10 Å². The number of nitrogens with one attached hydrogen (secondary N) is 1. The normalized spacial score (nSPS) is 15.0. The highest BCUT2D eigenvalue weighted by Crippen LogP contribution is 2.31. The maximum atomic E-state index is 12.0. The van der Waals surface area contributed by atoms with Crippen molar-refractivity contribution in [3.63, 3.8) is 0 Å². The van der Waals surface area contributed by atoms with Crippen LogP contribution >= 0.6 is 0 Å². The van der Waals surface area contributed by atoms with Crippen LogP contribution < -0.4 is 14.8 Å². The molecule has 0 aliphatic carbocycles. The van der Waals surface area contributed by atoms with Gasteiger partial charge in [0.25, 0.3) is 11.6 Å². The van der Waals surface area contributed by atoms with Crippen LogP contribution in [0.15, 0.2) is 48.5 Å². The van der Waals surface area contributed by atoms with Crippen molar-refractivity contribution >= 4 is 23.3 Å². The van der Waals surface area contributed by atoms with Crippen molar-refractivity contribution in [1.82, 2.24) is 0 Å². The molecule has 0 unspecified atom stereocenters. The Labute approximate surface area is 147 Å². The zero-order valence-corrected chi connectivity index (χ0v) is 13.4. The second-order valence-corrected chi connectivity index (χ2v) is 5.33. The van der Waals surface area contributed by atoms with Crippen LogP contribution in [-0.4, -0.2) is 36.1 Å². The number of carbonyl (C=O) groups is 2. The highest BCUT2D eigenvalue weighted by molar-refractivity contribution is 5.93. The molecule has 1 aliphatic rings. The van der Waals surface area contributed by atoms with Gasteiger partial charge in [0, 0.05) is 17.8 Å². The van der Waals surface area contributed by atoms with E-state index in [4.69, 9.17) is 14.2 Å². The third-order valence-electron chi connectivity index (χ3n) is 3.46. The van der Waals surface area contributed by atoms with Crippen molar-refractivity contribution in [3.8, 4) is 11.5 Å². The monoisotopic (exact) mass is 358 g/mol. The SMILES string of the molecule is O=C(COC(=O)[C@@H]1COc2ccccc2O1)Nc1cccc([N+](=O)[O-])c1. The molecular weight excluding hydrogens is 344 g/mol. The van der Waals surface area contributed by atoms with E-state index in [0.29, 0.717) is 11.5 Å². The number of nitrogens with zero attached hydrogens (tertiary/aromatic N) is 1. The Morgan fingerprint density at radius 2 is 1.96 bits per heavy atom. The summed E-state index contributed by atoms with van der Waals surface area (Å²) in [4.78, 5) is 34.0. The smallest absolute Gasteiger partial charge is 0.351 e. The predicted octanol–water partition coefficient (Wildman–Crippen LogP) is 1.92. The topological polar surface area (TPSA) is 117 Å².